The van der Waals surface area contributed by atoms with Crippen molar-refractivity contribution in [1.82, 2.24) is 0 Å². The Balaban J connectivity index is 1.78. The highest BCUT2D eigenvalue weighted by atomic mass is 35.5. The van der Waals surface area contributed by atoms with Gasteiger partial charge >= 0.3 is 0 Å². The smallest absolute Gasteiger partial charge is 0.270 e. The maximum atomic E-state index is 12.3. The van der Waals surface area contributed by atoms with Crippen molar-refractivity contribution in [2.24, 2.45) is 0 Å². The molecule has 0 atom stereocenters. The van der Waals surface area contributed by atoms with Gasteiger partial charge in [0.2, 0.25) is 0 Å². The van der Waals surface area contributed by atoms with Crippen LogP contribution in [-0.2, 0) is 6.61 Å². The third-order valence-electron chi connectivity index (χ3n) is 3.65. The first kappa shape index (κ1) is 17.7. The zero-order valence-electron chi connectivity index (χ0n) is 13.3. The van der Waals surface area contributed by atoms with Crippen LogP contribution in [-0.4, -0.2) is 15.9 Å². The number of carbonyl (C=O) groups is 1. The predicted molar refractivity (Wildman–Crippen MR) is 96.1 cm³/mol. The van der Waals surface area contributed by atoms with E-state index in [1.807, 2.05) is 0 Å². The summed E-state index contributed by atoms with van der Waals surface area (Å²) in [6.45, 7) is -0.182. The van der Waals surface area contributed by atoms with Gasteiger partial charge in [-0.25, -0.2) is 0 Å². The second-order valence-electron chi connectivity index (χ2n) is 5.38. The second-order valence-corrected chi connectivity index (χ2v) is 5.78. The lowest BCUT2D eigenvalue weighted by Crippen LogP contribution is -2.12. The Morgan fingerprint density at radius 3 is 2.50 bits per heavy atom. The third-order valence-corrected chi connectivity index (χ3v) is 3.98. The minimum absolute atomic E-state index is 0.0172. The standard InChI is InChI=1S/C18H13ClN2O5/c19-16-7-5-13(21(24)25)9-15(16)18(23)20-12-3-1-11(2-4-12)17-8-6-14(10-22)26-17/h1-9,22H,10H2,(H,20,23). The van der Waals surface area contributed by atoms with Gasteiger partial charge in [0.1, 0.15) is 18.1 Å². The van der Waals surface area contributed by atoms with E-state index in [9.17, 15) is 14.9 Å². The van der Waals surface area contributed by atoms with Crippen LogP contribution in [0.1, 0.15) is 16.1 Å². The summed E-state index contributed by atoms with van der Waals surface area (Å²) in [5.41, 5.74) is 1.07. The molecule has 1 heterocycles. The third kappa shape index (κ3) is 3.74. The van der Waals surface area contributed by atoms with E-state index in [0.717, 1.165) is 11.6 Å². The van der Waals surface area contributed by atoms with Crippen molar-refractivity contribution < 1.29 is 19.2 Å². The van der Waals surface area contributed by atoms with Crippen LogP contribution in [0.5, 0.6) is 0 Å². The molecule has 0 unspecified atom stereocenters. The quantitative estimate of drug-likeness (QED) is 0.514. The molecule has 3 aromatic rings. The van der Waals surface area contributed by atoms with Crippen LogP contribution in [0.4, 0.5) is 11.4 Å². The first-order valence-corrected chi connectivity index (χ1v) is 7.91. The minimum Gasteiger partial charge on any atom is -0.459 e. The summed E-state index contributed by atoms with van der Waals surface area (Å²) in [6.07, 6.45) is 0. The molecule has 3 rings (SSSR count). The molecule has 0 bridgehead atoms. The zero-order chi connectivity index (χ0) is 18.7. The van der Waals surface area contributed by atoms with Crippen molar-refractivity contribution in [3.8, 4) is 11.3 Å². The SMILES string of the molecule is O=C(Nc1ccc(-c2ccc(CO)o2)cc1)c1cc([N+](=O)[O-])ccc1Cl. The number of rotatable bonds is 5. The highest BCUT2D eigenvalue weighted by Gasteiger charge is 2.16. The number of aliphatic hydroxyl groups is 1. The molecule has 2 N–H and O–H groups in total. The normalized spacial score (nSPS) is 10.5. The number of nitrogens with one attached hydrogen (secondary N) is 1. The van der Waals surface area contributed by atoms with Gasteiger partial charge in [-0.2, -0.15) is 0 Å². The number of hydrogen-bond donors (Lipinski definition) is 2. The molecular formula is C18H13ClN2O5. The van der Waals surface area contributed by atoms with Crippen molar-refractivity contribution >= 4 is 28.9 Å². The molecular weight excluding hydrogens is 360 g/mol. The Hall–Kier alpha value is -3.16. The Kier molecular flexibility index (Phi) is 5.01. The summed E-state index contributed by atoms with van der Waals surface area (Å²) in [6, 6.07) is 13.9. The molecule has 0 aliphatic rings. The van der Waals surface area contributed by atoms with E-state index < -0.39 is 10.8 Å². The molecule has 8 heteroatoms. The number of halogens is 1. The van der Waals surface area contributed by atoms with E-state index in [1.165, 1.54) is 12.1 Å². The average molecular weight is 373 g/mol. The molecule has 2 aromatic carbocycles. The van der Waals surface area contributed by atoms with Crippen LogP contribution in [0.25, 0.3) is 11.3 Å². The van der Waals surface area contributed by atoms with Crippen LogP contribution >= 0.6 is 11.6 Å². The fraction of sp³-hybridized carbons (Fsp3) is 0.0556. The van der Waals surface area contributed by atoms with Gasteiger partial charge in [0, 0.05) is 23.4 Å². The average Bonchev–Trinajstić information content (AvgIpc) is 3.11. The van der Waals surface area contributed by atoms with Crippen LogP contribution < -0.4 is 5.32 Å². The molecule has 0 fully saturated rings. The number of amides is 1. The van der Waals surface area contributed by atoms with Gasteiger partial charge in [0.15, 0.2) is 0 Å². The number of anilines is 1. The summed E-state index contributed by atoms with van der Waals surface area (Å²) < 4.78 is 5.44. The molecule has 0 radical (unpaired) electrons. The zero-order valence-corrected chi connectivity index (χ0v) is 14.1. The Labute approximate surface area is 153 Å². The molecule has 1 aromatic heterocycles. The van der Waals surface area contributed by atoms with Crippen LogP contribution in [0.2, 0.25) is 5.02 Å². The van der Waals surface area contributed by atoms with Crippen LogP contribution in [0.15, 0.2) is 59.0 Å². The summed E-state index contributed by atoms with van der Waals surface area (Å²) >= 11 is 5.97. The minimum atomic E-state index is -0.591. The van der Waals surface area contributed by atoms with Gasteiger partial charge < -0.3 is 14.8 Å². The van der Waals surface area contributed by atoms with E-state index in [0.29, 0.717) is 17.2 Å². The number of nitrogens with zero attached hydrogens (tertiary/aromatic N) is 1. The maximum Gasteiger partial charge on any atom is 0.270 e. The predicted octanol–water partition coefficient (Wildman–Crippen LogP) is 4.25. The fourth-order valence-corrected chi connectivity index (χ4v) is 2.54. The van der Waals surface area contributed by atoms with E-state index in [2.05, 4.69) is 5.32 Å². The lowest BCUT2D eigenvalue weighted by Gasteiger charge is -2.07. The highest BCUT2D eigenvalue weighted by Crippen LogP contribution is 2.26. The number of hydrogen-bond acceptors (Lipinski definition) is 5. The Morgan fingerprint density at radius 2 is 1.88 bits per heavy atom. The van der Waals surface area contributed by atoms with Crippen molar-refractivity contribution in [2.45, 2.75) is 6.61 Å². The van der Waals surface area contributed by atoms with Gasteiger partial charge in [0.05, 0.1) is 15.5 Å². The van der Waals surface area contributed by atoms with Crippen LogP contribution in [0, 0.1) is 10.1 Å². The number of benzene rings is 2. The maximum absolute atomic E-state index is 12.3. The van der Waals surface area contributed by atoms with Crippen molar-refractivity contribution in [3.63, 3.8) is 0 Å². The van der Waals surface area contributed by atoms with Crippen molar-refractivity contribution in [3.05, 3.63) is 81.1 Å². The molecule has 0 spiro atoms. The van der Waals surface area contributed by atoms with E-state index in [1.54, 1.807) is 36.4 Å². The Bertz CT molecular complexity index is 966. The number of nitro benzene ring substituents is 1. The lowest BCUT2D eigenvalue weighted by atomic mass is 10.1. The number of carbonyl (C=O) groups excluding carboxylic acids is 1. The van der Waals surface area contributed by atoms with E-state index in [4.69, 9.17) is 21.1 Å². The molecule has 0 aliphatic carbocycles. The topological polar surface area (TPSA) is 106 Å². The first-order chi connectivity index (χ1) is 12.5. The highest BCUT2D eigenvalue weighted by molar-refractivity contribution is 6.34. The summed E-state index contributed by atoms with van der Waals surface area (Å²) in [5, 5.41) is 22.6. The van der Waals surface area contributed by atoms with Gasteiger partial charge in [-0.3, -0.25) is 14.9 Å². The molecule has 0 saturated heterocycles. The largest absolute Gasteiger partial charge is 0.459 e. The monoisotopic (exact) mass is 372 g/mol. The van der Waals surface area contributed by atoms with E-state index in [-0.39, 0.29) is 22.9 Å². The number of aliphatic hydroxyl groups excluding tert-OH is 1. The molecule has 0 aliphatic heterocycles. The molecule has 132 valence electrons. The van der Waals surface area contributed by atoms with Crippen molar-refractivity contribution in [2.75, 3.05) is 5.32 Å². The van der Waals surface area contributed by atoms with Crippen LogP contribution in [0.3, 0.4) is 0 Å². The van der Waals surface area contributed by atoms with Gasteiger partial charge in [0.25, 0.3) is 11.6 Å². The van der Waals surface area contributed by atoms with Gasteiger partial charge in [-0.05, 0) is 42.5 Å². The number of nitro groups is 1. The van der Waals surface area contributed by atoms with Crippen molar-refractivity contribution in [1.29, 1.82) is 0 Å². The Morgan fingerprint density at radius 1 is 1.15 bits per heavy atom. The molecule has 1 amide bonds. The first-order valence-electron chi connectivity index (χ1n) is 7.53. The fourth-order valence-electron chi connectivity index (χ4n) is 2.34. The van der Waals surface area contributed by atoms with E-state index >= 15 is 0 Å². The lowest BCUT2D eigenvalue weighted by molar-refractivity contribution is -0.384. The number of furan rings is 1. The van der Waals surface area contributed by atoms with Gasteiger partial charge in [-0.1, -0.05) is 11.6 Å². The summed E-state index contributed by atoms with van der Waals surface area (Å²) in [5.74, 6) is 0.498. The number of non-ortho nitro benzene ring substituents is 1. The summed E-state index contributed by atoms with van der Waals surface area (Å²) in [7, 11) is 0. The second kappa shape index (κ2) is 7.38. The summed E-state index contributed by atoms with van der Waals surface area (Å²) in [4.78, 5) is 22.6. The molecule has 7 nitrogen and oxygen atoms in total. The molecule has 26 heavy (non-hydrogen) atoms. The molecule has 0 saturated carbocycles. The van der Waals surface area contributed by atoms with Gasteiger partial charge in [-0.15, -0.1) is 0 Å².